The number of carbonyl (C=O) groups is 1. The third-order valence-corrected chi connectivity index (χ3v) is 3.54. The quantitative estimate of drug-likeness (QED) is 0.527. The van der Waals surface area contributed by atoms with Crippen LogP contribution in [0.25, 0.3) is 6.08 Å². The van der Waals surface area contributed by atoms with E-state index in [0.29, 0.717) is 43.3 Å². The monoisotopic (exact) mass is 319 g/mol. The molecule has 1 fully saturated rings. The summed E-state index contributed by atoms with van der Waals surface area (Å²) in [5.41, 5.74) is 2.01. The van der Waals surface area contributed by atoms with E-state index in [1.165, 1.54) is 6.07 Å². The Morgan fingerprint density at radius 1 is 1.48 bits per heavy atom. The summed E-state index contributed by atoms with van der Waals surface area (Å²) >= 11 is 0. The van der Waals surface area contributed by atoms with E-state index >= 15 is 0 Å². The number of hydrogen-bond acceptors (Lipinski definition) is 4. The second kappa shape index (κ2) is 7.87. The molecule has 5 nitrogen and oxygen atoms in total. The number of nitrogens with one attached hydrogen (secondary N) is 1. The maximum absolute atomic E-state index is 14.4. The molecule has 0 spiro atoms. The van der Waals surface area contributed by atoms with Crippen molar-refractivity contribution in [2.45, 2.75) is 26.9 Å². The van der Waals surface area contributed by atoms with E-state index in [0.717, 1.165) is 5.56 Å². The van der Waals surface area contributed by atoms with Crippen LogP contribution in [-0.4, -0.2) is 38.0 Å². The van der Waals surface area contributed by atoms with Crippen LogP contribution in [0.4, 0.5) is 10.1 Å². The van der Waals surface area contributed by atoms with Gasteiger partial charge in [0.2, 0.25) is 6.41 Å². The zero-order valence-corrected chi connectivity index (χ0v) is 13.7. The molecule has 1 atom stereocenters. The molecule has 6 heteroatoms. The number of benzene rings is 1. The fourth-order valence-corrected chi connectivity index (χ4v) is 2.56. The number of amidine groups is 1. The Labute approximate surface area is 135 Å². The first-order chi connectivity index (χ1) is 11.0. The maximum atomic E-state index is 14.4. The van der Waals surface area contributed by atoms with Crippen LogP contribution in [0.2, 0.25) is 0 Å². The van der Waals surface area contributed by atoms with E-state index in [2.05, 4.69) is 10.3 Å². The van der Waals surface area contributed by atoms with Crippen molar-refractivity contribution in [3.05, 3.63) is 35.3 Å². The van der Waals surface area contributed by atoms with Crippen LogP contribution in [0.15, 0.2) is 28.9 Å². The predicted molar refractivity (Wildman–Crippen MR) is 90.0 cm³/mol. The van der Waals surface area contributed by atoms with Crippen molar-refractivity contribution in [2.24, 2.45) is 4.99 Å². The number of morpholine rings is 1. The summed E-state index contributed by atoms with van der Waals surface area (Å²) in [7, 11) is 0. The molecule has 1 aromatic carbocycles. The molecule has 1 amide bonds. The van der Waals surface area contributed by atoms with E-state index in [1.807, 2.05) is 17.9 Å². The summed E-state index contributed by atoms with van der Waals surface area (Å²) in [5.74, 6) is 0.237. The SMILES string of the molecule is CC(=N/C(C)=C\c1ccc(N2CCOC(C)C2)c(F)c1)NC=O. The van der Waals surface area contributed by atoms with Gasteiger partial charge >= 0.3 is 0 Å². The van der Waals surface area contributed by atoms with Gasteiger partial charge in [0.05, 0.1) is 18.4 Å². The Balaban J connectivity index is 2.15. The average Bonchev–Trinajstić information content (AvgIpc) is 2.47. The van der Waals surface area contributed by atoms with Crippen LogP contribution < -0.4 is 10.2 Å². The van der Waals surface area contributed by atoms with E-state index in [9.17, 15) is 9.18 Å². The molecular formula is C17H22FN3O2. The molecule has 1 aliphatic heterocycles. The summed E-state index contributed by atoms with van der Waals surface area (Å²) < 4.78 is 19.9. The topological polar surface area (TPSA) is 53.9 Å². The van der Waals surface area contributed by atoms with Gasteiger partial charge in [0.25, 0.3) is 0 Å². The highest BCUT2D eigenvalue weighted by Crippen LogP contribution is 2.23. The fourth-order valence-electron chi connectivity index (χ4n) is 2.56. The Morgan fingerprint density at radius 2 is 2.26 bits per heavy atom. The number of amides is 1. The van der Waals surface area contributed by atoms with Crippen LogP contribution >= 0.6 is 0 Å². The van der Waals surface area contributed by atoms with Gasteiger partial charge in [-0.15, -0.1) is 0 Å². The number of anilines is 1. The van der Waals surface area contributed by atoms with E-state index in [-0.39, 0.29) is 11.9 Å². The molecule has 0 aliphatic carbocycles. The van der Waals surface area contributed by atoms with Crippen molar-refractivity contribution in [3.63, 3.8) is 0 Å². The molecule has 0 radical (unpaired) electrons. The Bertz CT molecular complexity index is 628. The van der Waals surface area contributed by atoms with Crippen molar-refractivity contribution in [1.29, 1.82) is 0 Å². The summed E-state index contributed by atoms with van der Waals surface area (Å²) in [6, 6.07) is 5.14. The number of allylic oxidation sites excluding steroid dienone is 1. The number of aliphatic imine (C=N–C) groups is 1. The highest BCUT2D eigenvalue weighted by Gasteiger charge is 2.19. The van der Waals surface area contributed by atoms with Gasteiger partial charge < -0.3 is 15.0 Å². The standard InChI is InChI=1S/C17H22FN3O2/c1-12(20-14(3)19-11-22)8-15-4-5-17(16(18)9-15)21-6-7-23-13(2)10-21/h4-5,8-9,11,13H,6-7,10H2,1-3H3,(H,19,20,22)/b12-8-. The minimum Gasteiger partial charge on any atom is -0.375 e. The van der Waals surface area contributed by atoms with Gasteiger partial charge in [-0.2, -0.15) is 0 Å². The summed E-state index contributed by atoms with van der Waals surface area (Å²) in [4.78, 5) is 16.5. The molecule has 23 heavy (non-hydrogen) atoms. The number of ether oxygens (including phenoxy) is 1. The molecule has 1 unspecified atom stereocenters. The van der Waals surface area contributed by atoms with Crippen LogP contribution in [0.1, 0.15) is 26.3 Å². The zero-order chi connectivity index (χ0) is 16.8. The highest BCUT2D eigenvalue weighted by molar-refractivity contribution is 5.89. The van der Waals surface area contributed by atoms with Crippen molar-refractivity contribution in [2.75, 3.05) is 24.6 Å². The predicted octanol–water partition coefficient (Wildman–Crippen LogP) is 2.58. The fraction of sp³-hybridized carbons (Fsp3) is 0.412. The molecule has 0 saturated carbocycles. The molecule has 0 aromatic heterocycles. The largest absolute Gasteiger partial charge is 0.375 e. The summed E-state index contributed by atoms with van der Waals surface area (Å²) in [5, 5.41) is 2.47. The number of halogens is 1. The number of nitrogens with zero attached hydrogens (tertiary/aromatic N) is 2. The second-order valence-electron chi connectivity index (χ2n) is 5.58. The lowest BCUT2D eigenvalue weighted by atomic mass is 10.1. The van der Waals surface area contributed by atoms with Crippen molar-refractivity contribution >= 4 is 24.0 Å². The minimum absolute atomic E-state index is 0.104. The average molecular weight is 319 g/mol. The first-order valence-corrected chi connectivity index (χ1v) is 7.59. The van der Waals surface area contributed by atoms with Crippen molar-refractivity contribution < 1.29 is 13.9 Å². The maximum Gasteiger partial charge on any atom is 0.212 e. The van der Waals surface area contributed by atoms with Gasteiger partial charge in [0.1, 0.15) is 11.7 Å². The Kier molecular flexibility index (Phi) is 5.87. The van der Waals surface area contributed by atoms with Gasteiger partial charge in [0.15, 0.2) is 0 Å². The highest BCUT2D eigenvalue weighted by atomic mass is 19.1. The third-order valence-electron chi connectivity index (χ3n) is 3.54. The zero-order valence-electron chi connectivity index (χ0n) is 13.7. The van der Waals surface area contributed by atoms with Crippen LogP contribution in [-0.2, 0) is 9.53 Å². The van der Waals surface area contributed by atoms with E-state index in [4.69, 9.17) is 4.74 Å². The Morgan fingerprint density at radius 3 is 2.91 bits per heavy atom. The minimum atomic E-state index is -0.257. The molecule has 124 valence electrons. The first-order valence-electron chi connectivity index (χ1n) is 7.59. The van der Waals surface area contributed by atoms with Crippen molar-refractivity contribution in [3.8, 4) is 0 Å². The second-order valence-corrected chi connectivity index (χ2v) is 5.58. The van der Waals surface area contributed by atoms with Gasteiger partial charge in [0, 0.05) is 18.8 Å². The molecule has 1 heterocycles. The summed E-state index contributed by atoms with van der Waals surface area (Å²) in [6.45, 7) is 7.46. The van der Waals surface area contributed by atoms with Crippen LogP contribution in [0.5, 0.6) is 0 Å². The molecule has 1 saturated heterocycles. The lowest BCUT2D eigenvalue weighted by Crippen LogP contribution is -2.41. The molecule has 2 rings (SSSR count). The third kappa shape index (κ3) is 4.89. The van der Waals surface area contributed by atoms with Gasteiger partial charge in [-0.3, -0.25) is 4.79 Å². The van der Waals surface area contributed by atoms with Gasteiger partial charge in [-0.25, -0.2) is 9.38 Å². The van der Waals surface area contributed by atoms with E-state index < -0.39 is 0 Å². The van der Waals surface area contributed by atoms with Crippen molar-refractivity contribution in [1.82, 2.24) is 5.32 Å². The molecule has 1 N–H and O–H groups in total. The molecular weight excluding hydrogens is 297 g/mol. The molecule has 1 aliphatic rings. The van der Waals surface area contributed by atoms with E-state index in [1.54, 1.807) is 26.0 Å². The van der Waals surface area contributed by atoms with Gasteiger partial charge in [-0.05, 0) is 44.5 Å². The molecule has 0 bridgehead atoms. The van der Waals surface area contributed by atoms with Crippen LogP contribution in [0, 0.1) is 5.82 Å². The number of carbonyl (C=O) groups excluding carboxylic acids is 1. The lowest BCUT2D eigenvalue weighted by molar-refractivity contribution is -0.108. The first kappa shape index (κ1) is 17.1. The van der Waals surface area contributed by atoms with Crippen LogP contribution in [0.3, 0.4) is 0 Å². The summed E-state index contributed by atoms with van der Waals surface area (Å²) in [6.07, 6.45) is 2.45. The Hall–Kier alpha value is -2.21. The number of hydrogen-bond donors (Lipinski definition) is 1. The van der Waals surface area contributed by atoms with Gasteiger partial charge in [-0.1, -0.05) is 6.07 Å². The normalized spacial score (nSPS) is 19.7. The molecule has 1 aromatic rings. The smallest absolute Gasteiger partial charge is 0.212 e. The number of rotatable bonds is 4. The lowest BCUT2D eigenvalue weighted by Gasteiger charge is -2.33.